The largest absolute Gasteiger partial charge is 0.383 e. The van der Waals surface area contributed by atoms with Gasteiger partial charge in [-0.2, -0.15) is 11.8 Å². The quantitative estimate of drug-likeness (QED) is 0.598. The van der Waals surface area contributed by atoms with Gasteiger partial charge in [0.25, 0.3) is 0 Å². The highest BCUT2D eigenvalue weighted by molar-refractivity contribution is 7.97. The summed E-state index contributed by atoms with van der Waals surface area (Å²) in [6.07, 6.45) is 1.99. The zero-order chi connectivity index (χ0) is 15.0. The van der Waals surface area contributed by atoms with Crippen LogP contribution in [0.4, 0.5) is 4.39 Å². The first-order valence-corrected chi connectivity index (χ1v) is 7.77. The number of hydrogen-bond acceptors (Lipinski definition) is 3. The number of aliphatic imine (C=N–C) groups is 1. The number of nitrogens with zero attached hydrogens (tertiary/aromatic N) is 1. The molecular formula is C14H22FN3OS. The molecule has 0 amide bonds. The minimum Gasteiger partial charge on any atom is -0.383 e. The fraction of sp³-hybridized carbons (Fsp3) is 0.500. The molecule has 0 saturated heterocycles. The van der Waals surface area contributed by atoms with Crippen molar-refractivity contribution in [3.63, 3.8) is 0 Å². The third kappa shape index (κ3) is 5.79. The molecule has 1 rings (SSSR count). The average Bonchev–Trinajstić information content (AvgIpc) is 2.38. The molecule has 0 aliphatic carbocycles. The number of ether oxygens (including phenoxy) is 1. The molecule has 4 nitrogen and oxygen atoms in total. The summed E-state index contributed by atoms with van der Waals surface area (Å²) in [5, 5.41) is 3.04. The predicted octanol–water partition coefficient (Wildman–Crippen LogP) is 2.13. The van der Waals surface area contributed by atoms with Gasteiger partial charge in [-0.05, 0) is 36.4 Å². The lowest BCUT2D eigenvalue weighted by atomic mass is 10.1. The van der Waals surface area contributed by atoms with Crippen LogP contribution in [0, 0.1) is 5.82 Å². The van der Waals surface area contributed by atoms with Crippen LogP contribution in [0.5, 0.6) is 0 Å². The van der Waals surface area contributed by atoms with Gasteiger partial charge in [-0.3, -0.25) is 0 Å². The smallest absolute Gasteiger partial charge is 0.189 e. The number of methoxy groups -OCH3 is 1. The number of halogens is 1. The van der Waals surface area contributed by atoms with E-state index in [2.05, 4.69) is 10.3 Å². The highest BCUT2D eigenvalue weighted by Crippen LogP contribution is 2.17. The molecule has 0 aliphatic rings. The van der Waals surface area contributed by atoms with Crippen LogP contribution in [0.1, 0.15) is 18.1 Å². The van der Waals surface area contributed by atoms with Gasteiger partial charge in [0, 0.05) is 18.9 Å². The van der Waals surface area contributed by atoms with Crippen LogP contribution in [0.25, 0.3) is 0 Å². The highest BCUT2D eigenvalue weighted by Gasteiger charge is 2.05. The van der Waals surface area contributed by atoms with Crippen LogP contribution in [-0.4, -0.2) is 32.0 Å². The van der Waals surface area contributed by atoms with E-state index in [1.165, 1.54) is 6.07 Å². The molecule has 112 valence electrons. The van der Waals surface area contributed by atoms with Crippen molar-refractivity contribution in [3.05, 3.63) is 35.1 Å². The second-order valence-electron chi connectivity index (χ2n) is 4.55. The van der Waals surface area contributed by atoms with Crippen LogP contribution >= 0.6 is 11.8 Å². The lowest BCUT2D eigenvalue weighted by Gasteiger charge is -2.13. The van der Waals surface area contributed by atoms with E-state index >= 15 is 0 Å². The summed E-state index contributed by atoms with van der Waals surface area (Å²) in [6.45, 7) is 2.96. The van der Waals surface area contributed by atoms with E-state index in [0.29, 0.717) is 19.1 Å². The summed E-state index contributed by atoms with van der Waals surface area (Å²) >= 11 is 1.65. The van der Waals surface area contributed by atoms with Gasteiger partial charge in [-0.25, -0.2) is 9.38 Å². The number of rotatable bonds is 7. The Hall–Kier alpha value is -1.27. The molecule has 20 heavy (non-hydrogen) atoms. The van der Waals surface area contributed by atoms with Crippen LogP contribution in [0.15, 0.2) is 23.2 Å². The minimum atomic E-state index is -0.221. The maximum absolute atomic E-state index is 13.2. The number of nitrogens with one attached hydrogen (secondary N) is 1. The van der Waals surface area contributed by atoms with Crippen LogP contribution in [-0.2, 0) is 17.0 Å². The van der Waals surface area contributed by atoms with Crippen molar-refractivity contribution in [2.75, 3.05) is 20.0 Å². The first kappa shape index (κ1) is 16.8. The Morgan fingerprint density at radius 2 is 2.25 bits per heavy atom. The second-order valence-corrected chi connectivity index (χ2v) is 5.41. The third-order valence-corrected chi connectivity index (χ3v) is 3.30. The van der Waals surface area contributed by atoms with Crippen LogP contribution in [0.3, 0.4) is 0 Å². The van der Waals surface area contributed by atoms with Gasteiger partial charge < -0.3 is 15.8 Å². The summed E-state index contributed by atoms with van der Waals surface area (Å²) in [6, 6.07) is 4.86. The number of benzene rings is 1. The normalized spacial score (nSPS) is 13.3. The van der Waals surface area contributed by atoms with Crippen LogP contribution < -0.4 is 11.1 Å². The standard InChI is InChI=1S/C14H22FN3OS/c1-10(8-19-2)18-14(16)17-7-11-4-5-13(15)6-12(11)9-20-3/h4-6,10H,7-9H2,1-3H3,(H3,16,17,18). The first-order chi connectivity index (χ1) is 9.56. The SMILES string of the molecule is COCC(C)NC(N)=NCc1ccc(F)cc1CSC. The number of nitrogens with two attached hydrogens (primary N) is 1. The Kier molecular flexibility index (Phi) is 7.40. The summed E-state index contributed by atoms with van der Waals surface area (Å²) in [7, 11) is 1.64. The van der Waals surface area contributed by atoms with Crippen molar-refractivity contribution in [2.45, 2.75) is 25.3 Å². The molecule has 0 radical (unpaired) electrons. The molecule has 0 bridgehead atoms. The van der Waals surface area contributed by atoms with Crippen molar-refractivity contribution in [2.24, 2.45) is 10.7 Å². The van der Waals surface area contributed by atoms with E-state index in [1.54, 1.807) is 31.0 Å². The van der Waals surface area contributed by atoms with Crippen molar-refractivity contribution in [3.8, 4) is 0 Å². The van der Waals surface area contributed by atoms with Gasteiger partial charge in [0.2, 0.25) is 0 Å². The molecule has 3 N–H and O–H groups in total. The van der Waals surface area contributed by atoms with Crippen molar-refractivity contribution < 1.29 is 9.13 Å². The molecule has 0 saturated carbocycles. The van der Waals surface area contributed by atoms with E-state index in [9.17, 15) is 4.39 Å². The van der Waals surface area contributed by atoms with Gasteiger partial charge >= 0.3 is 0 Å². The van der Waals surface area contributed by atoms with E-state index in [1.807, 2.05) is 13.2 Å². The molecule has 0 fully saturated rings. The van der Waals surface area contributed by atoms with Gasteiger partial charge in [0.1, 0.15) is 5.82 Å². The molecule has 0 aliphatic heterocycles. The van der Waals surface area contributed by atoms with E-state index in [-0.39, 0.29) is 11.9 Å². The van der Waals surface area contributed by atoms with Crippen molar-refractivity contribution in [1.29, 1.82) is 0 Å². The van der Waals surface area contributed by atoms with Crippen molar-refractivity contribution >= 4 is 17.7 Å². The summed E-state index contributed by atoms with van der Waals surface area (Å²) in [5.74, 6) is 0.909. The molecular weight excluding hydrogens is 277 g/mol. The number of thioether (sulfide) groups is 1. The fourth-order valence-electron chi connectivity index (χ4n) is 1.80. The molecule has 1 unspecified atom stereocenters. The second kappa shape index (κ2) is 8.81. The minimum absolute atomic E-state index is 0.0997. The fourth-order valence-corrected chi connectivity index (χ4v) is 2.38. The topological polar surface area (TPSA) is 59.6 Å². The van der Waals surface area contributed by atoms with Crippen LogP contribution in [0.2, 0.25) is 0 Å². The zero-order valence-corrected chi connectivity index (χ0v) is 13.0. The van der Waals surface area contributed by atoms with E-state index < -0.39 is 0 Å². The van der Waals surface area contributed by atoms with E-state index in [0.717, 1.165) is 16.9 Å². The average molecular weight is 299 g/mol. The monoisotopic (exact) mass is 299 g/mol. The molecule has 0 heterocycles. The summed E-state index contributed by atoms with van der Waals surface area (Å²) < 4.78 is 18.2. The number of hydrogen-bond donors (Lipinski definition) is 2. The van der Waals surface area contributed by atoms with Crippen molar-refractivity contribution in [1.82, 2.24) is 5.32 Å². The molecule has 1 aromatic rings. The summed E-state index contributed by atoms with van der Waals surface area (Å²) in [4.78, 5) is 4.29. The molecule has 6 heteroatoms. The molecule has 0 aromatic heterocycles. The summed E-state index contributed by atoms with van der Waals surface area (Å²) in [5.41, 5.74) is 7.76. The van der Waals surface area contributed by atoms with Gasteiger partial charge in [-0.1, -0.05) is 6.07 Å². The van der Waals surface area contributed by atoms with Gasteiger partial charge in [0.15, 0.2) is 5.96 Å². The maximum Gasteiger partial charge on any atom is 0.189 e. The molecule has 1 atom stereocenters. The molecule has 1 aromatic carbocycles. The van der Waals surface area contributed by atoms with E-state index in [4.69, 9.17) is 10.5 Å². The Labute approximate surface area is 124 Å². The lowest BCUT2D eigenvalue weighted by Crippen LogP contribution is -2.40. The zero-order valence-electron chi connectivity index (χ0n) is 12.1. The Bertz CT molecular complexity index is 454. The number of guanidine groups is 1. The van der Waals surface area contributed by atoms with Gasteiger partial charge in [0.05, 0.1) is 13.2 Å². The lowest BCUT2D eigenvalue weighted by molar-refractivity contribution is 0.179. The highest BCUT2D eigenvalue weighted by atomic mass is 32.2. The molecule has 0 spiro atoms. The third-order valence-electron chi connectivity index (χ3n) is 2.70. The maximum atomic E-state index is 13.2. The predicted molar refractivity (Wildman–Crippen MR) is 83.4 cm³/mol. The Morgan fingerprint density at radius 1 is 1.50 bits per heavy atom. The Balaban J connectivity index is 2.68. The van der Waals surface area contributed by atoms with Gasteiger partial charge in [-0.15, -0.1) is 0 Å². The first-order valence-electron chi connectivity index (χ1n) is 6.38. The Morgan fingerprint density at radius 3 is 2.90 bits per heavy atom.